The number of rotatable bonds is 4. The first-order valence-electron chi connectivity index (χ1n) is 9.22. The fourth-order valence-electron chi connectivity index (χ4n) is 2.93. The molecule has 0 radical (unpaired) electrons. The number of hydrogen-bond donors (Lipinski definition) is 2. The molecule has 0 aliphatic heterocycles. The third-order valence-electron chi connectivity index (χ3n) is 4.16. The zero-order chi connectivity index (χ0) is 20.1. The fraction of sp³-hybridized carbons (Fsp3) is 0.167. The van der Waals surface area contributed by atoms with Gasteiger partial charge in [0.1, 0.15) is 0 Å². The number of para-hydroxylation sites is 1. The van der Waals surface area contributed by atoms with Crippen molar-refractivity contribution in [2.75, 3.05) is 5.32 Å². The average molecular weight is 372 g/mol. The van der Waals surface area contributed by atoms with Crippen molar-refractivity contribution < 1.29 is 9.59 Å². The first kappa shape index (κ1) is 19.4. The van der Waals surface area contributed by atoms with Crippen molar-refractivity contribution in [3.8, 4) is 0 Å². The Kier molecular flexibility index (Phi) is 5.59. The Hall–Kier alpha value is -3.40. The summed E-state index contributed by atoms with van der Waals surface area (Å²) in [5.41, 5.74) is 1.52. The van der Waals surface area contributed by atoms with Gasteiger partial charge in [0.25, 0.3) is 5.91 Å². The molecule has 0 heterocycles. The smallest absolute Gasteiger partial charge is 0.253 e. The van der Waals surface area contributed by atoms with E-state index in [0.29, 0.717) is 11.3 Å². The predicted molar refractivity (Wildman–Crippen MR) is 115 cm³/mol. The van der Waals surface area contributed by atoms with E-state index >= 15 is 0 Å². The Bertz CT molecular complexity index is 1040. The quantitative estimate of drug-likeness (QED) is 0.632. The van der Waals surface area contributed by atoms with Crippen LogP contribution in [-0.4, -0.2) is 17.4 Å². The van der Waals surface area contributed by atoms with E-state index in [2.05, 4.69) is 10.6 Å². The van der Waals surface area contributed by atoms with Crippen molar-refractivity contribution in [3.05, 3.63) is 83.9 Å². The van der Waals surface area contributed by atoms with Crippen LogP contribution >= 0.6 is 0 Å². The van der Waals surface area contributed by atoms with Gasteiger partial charge in [0, 0.05) is 11.6 Å². The minimum atomic E-state index is -0.359. The highest BCUT2D eigenvalue weighted by Crippen LogP contribution is 2.20. The van der Waals surface area contributed by atoms with Crippen molar-refractivity contribution in [3.63, 3.8) is 0 Å². The molecule has 2 N–H and O–H groups in total. The van der Waals surface area contributed by atoms with E-state index in [-0.39, 0.29) is 17.4 Å². The summed E-state index contributed by atoms with van der Waals surface area (Å²) in [5.74, 6) is -0.509. The highest BCUT2D eigenvalue weighted by Gasteiger charge is 2.18. The van der Waals surface area contributed by atoms with Crippen molar-refractivity contribution in [2.24, 2.45) is 0 Å². The zero-order valence-electron chi connectivity index (χ0n) is 16.3. The molecule has 0 aliphatic carbocycles. The third kappa shape index (κ3) is 4.86. The number of benzene rings is 3. The molecule has 0 fully saturated rings. The van der Waals surface area contributed by atoms with Gasteiger partial charge in [-0.2, -0.15) is 0 Å². The molecule has 0 spiro atoms. The number of anilines is 1. The van der Waals surface area contributed by atoms with Gasteiger partial charge in [-0.15, -0.1) is 0 Å². The van der Waals surface area contributed by atoms with E-state index in [1.54, 1.807) is 30.3 Å². The van der Waals surface area contributed by atoms with Crippen LogP contribution in [0.1, 0.15) is 36.7 Å². The second kappa shape index (κ2) is 8.09. The molecule has 0 bridgehead atoms. The molecule has 0 saturated heterocycles. The van der Waals surface area contributed by atoms with Crippen LogP contribution in [0.2, 0.25) is 0 Å². The van der Waals surface area contributed by atoms with Crippen LogP contribution in [0.3, 0.4) is 0 Å². The number of carbonyl (C=O) groups is 2. The lowest BCUT2D eigenvalue weighted by molar-refractivity contribution is -0.111. The maximum absolute atomic E-state index is 12.5. The van der Waals surface area contributed by atoms with Crippen molar-refractivity contribution in [1.82, 2.24) is 5.32 Å². The SMILES string of the molecule is CC(C)(C)NC(=O)c1ccccc1NC(=O)C=Cc1cccc2ccccc12. The Morgan fingerprint density at radius 1 is 0.857 bits per heavy atom. The van der Waals surface area contributed by atoms with Gasteiger partial charge in [0.2, 0.25) is 5.91 Å². The molecule has 0 atom stereocenters. The van der Waals surface area contributed by atoms with Crippen LogP contribution in [0.15, 0.2) is 72.8 Å². The van der Waals surface area contributed by atoms with Crippen molar-refractivity contribution >= 4 is 34.4 Å². The molecular formula is C24H24N2O2. The Balaban J connectivity index is 1.78. The lowest BCUT2D eigenvalue weighted by Gasteiger charge is -2.21. The highest BCUT2D eigenvalue weighted by atomic mass is 16.2. The lowest BCUT2D eigenvalue weighted by atomic mass is 10.0. The van der Waals surface area contributed by atoms with Gasteiger partial charge in [-0.3, -0.25) is 9.59 Å². The topological polar surface area (TPSA) is 58.2 Å². The molecule has 142 valence electrons. The number of carbonyl (C=O) groups excluding carboxylic acids is 2. The summed E-state index contributed by atoms with van der Waals surface area (Å²) >= 11 is 0. The minimum Gasteiger partial charge on any atom is -0.347 e. The third-order valence-corrected chi connectivity index (χ3v) is 4.16. The van der Waals surface area contributed by atoms with Crippen LogP contribution in [0.25, 0.3) is 16.8 Å². The summed E-state index contributed by atoms with van der Waals surface area (Å²) in [5, 5.41) is 7.93. The summed E-state index contributed by atoms with van der Waals surface area (Å²) in [6, 6.07) is 21.0. The molecule has 2 amide bonds. The first-order chi connectivity index (χ1) is 13.3. The van der Waals surface area contributed by atoms with Gasteiger partial charge in [-0.1, -0.05) is 54.6 Å². The van der Waals surface area contributed by atoms with Crippen LogP contribution in [0.4, 0.5) is 5.69 Å². The second-order valence-electron chi connectivity index (χ2n) is 7.64. The molecule has 0 unspecified atom stereocenters. The molecule has 3 aromatic carbocycles. The zero-order valence-corrected chi connectivity index (χ0v) is 16.3. The van der Waals surface area contributed by atoms with E-state index in [0.717, 1.165) is 16.3 Å². The average Bonchev–Trinajstić information content (AvgIpc) is 2.65. The number of amides is 2. The normalized spacial score (nSPS) is 11.5. The van der Waals surface area contributed by atoms with E-state index < -0.39 is 0 Å². The van der Waals surface area contributed by atoms with Gasteiger partial charge in [0.05, 0.1) is 11.3 Å². The Morgan fingerprint density at radius 2 is 1.54 bits per heavy atom. The first-order valence-corrected chi connectivity index (χ1v) is 9.22. The molecule has 3 rings (SSSR count). The largest absolute Gasteiger partial charge is 0.347 e. The molecular weight excluding hydrogens is 348 g/mol. The molecule has 28 heavy (non-hydrogen) atoms. The summed E-state index contributed by atoms with van der Waals surface area (Å²) in [6.45, 7) is 5.75. The number of hydrogen-bond acceptors (Lipinski definition) is 2. The lowest BCUT2D eigenvalue weighted by Crippen LogP contribution is -2.40. The molecule has 0 saturated carbocycles. The van der Waals surface area contributed by atoms with Gasteiger partial charge in [-0.05, 0) is 55.3 Å². The monoisotopic (exact) mass is 372 g/mol. The maximum atomic E-state index is 12.5. The van der Waals surface area contributed by atoms with Crippen LogP contribution in [0.5, 0.6) is 0 Å². The van der Waals surface area contributed by atoms with E-state index in [1.807, 2.05) is 63.2 Å². The highest BCUT2D eigenvalue weighted by molar-refractivity contribution is 6.08. The number of fused-ring (bicyclic) bond motifs is 1. The predicted octanol–water partition coefficient (Wildman–Crippen LogP) is 5.02. The van der Waals surface area contributed by atoms with E-state index in [4.69, 9.17) is 0 Å². The van der Waals surface area contributed by atoms with Gasteiger partial charge < -0.3 is 10.6 Å². The molecule has 0 aromatic heterocycles. The standard InChI is InChI=1S/C24H24N2O2/c1-24(2,3)26-23(28)20-13-6-7-14-21(20)25-22(27)16-15-18-11-8-10-17-9-4-5-12-19(17)18/h4-16H,1-3H3,(H,25,27)(H,26,28). The second-order valence-corrected chi connectivity index (χ2v) is 7.64. The summed E-state index contributed by atoms with van der Waals surface area (Å²) < 4.78 is 0. The van der Waals surface area contributed by atoms with E-state index in [1.165, 1.54) is 6.08 Å². The van der Waals surface area contributed by atoms with Crippen molar-refractivity contribution in [1.29, 1.82) is 0 Å². The fourth-order valence-corrected chi connectivity index (χ4v) is 2.93. The number of nitrogens with one attached hydrogen (secondary N) is 2. The molecule has 0 aliphatic rings. The van der Waals surface area contributed by atoms with Gasteiger partial charge in [0.15, 0.2) is 0 Å². The van der Waals surface area contributed by atoms with Crippen LogP contribution < -0.4 is 10.6 Å². The Labute approximate surface area is 165 Å². The summed E-state index contributed by atoms with van der Waals surface area (Å²) in [7, 11) is 0. The molecule has 4 nitrogen and oxygen atoms in total. The maximum Gasteiger partial charge on any atom is 0.253 e. The van der Waals surface area contributed by atoms with Crippen molar-refractivity contribution in [2.45, 2.75) is 26.3 Å². The van der Waals surface area contributed by atoms with Crippen LogP contribution in [-0.2, 0) is 4.79 Å². The minimum absolute atomic E-state index is 0.221. The Morgan fingerprint density at radius 3 is 2.32 bits per heavy atom. The van der Waals surface area contributed by atoms with Crippen LogP contribution in [0, 0.1) is 0 Å². The van der Waals surface area contributed by atoms with Gasteiger partial charge in [-0.25, -0.2) is 0 Å². The molecule has 4 heteroatoms. The molecule has 3 aromatic rings. The summed E-state index contributed by atoms with van der Waals surface area (Å²) in [6.07, 6.45) is 3.27. The van der Waals surface area contributed by atoms with Gasteiger partial charge >= 0.3 is 0 Å². The van der Waals surface area contributed by atoms with E-state index in [9.17, 15) is 9.59 Å². The summed E-state index contributed by atoms with van der Waals surface area (Å²) in [4.78, 5) is 25.0.